The first kappa shape index (κ1) is 25.1. The molecule has 3 aliphatic heterocycles. The van der Waals surface area contributed by atoms with E-state index in [2.05, 4.69) is 82.7 Å². The number of H-pyrrole nitrogens is 1. The number of carbonyl (C=O) groups excluding carboxylic acids is 2. The second kappa shape index (κ2) is 10.6. The molecule has 0 aliphatic carbocycles. The van der Waals surface area contributed by atoms with Crippen molar-refractivity contribution in [2.24, 2.45) is 0 Å². The van der Waals surface area contributed by atoms with E-state index < -0.39 is 6.04 Å². The number of nitrogens with zero attached hydrogens (tertiary/aromatic N) is 3. The molecule has 6 nitrogen and oxygen atoms in total. The summed E-state index contributed by atoms with van der Waals surface area (Å²) >= 11 is 0. The van der Waals surface area contributed by atoms with Crippen LogP contribution in [0, 0.1) is 0 Å². The summed E-state index contributed by atoms with van der Waals surface area (Å²) in [4.78, 5) is 38.0. The van der Waals surface area contributed by atoms with Gasteiger partial charge in [0.1, 0.15) is 12.6 Å². The van der Waals surface area contributed by atoms with Crippen LogP contribution in [0.4, 0.5) is 0 Å². The number of aryl methyl sites for hydroxylation is 1. The lowest BCUT2D eigenvalue weighted by Gasteiger charge is -2.49. The third kappa shape index (κ3) is 4.60. The average molecular weight is 533 g/mol. The Balaban J connectivity index is 1.13. The minimum absolute atomic E-state index is 0.0821. The van der Waals surface area contributed by atoms with E-state index >= 15 is 0 Å². The van der Waals surface area contributed by atoms with E-state index in [1.807, 2.05) is 21.9 Å². The van der Waals surface area contributed by atoms with E-state index in [1.165, 1.54) is 22.1 Å². The molecule has 2 saturated heterocycles. The summed E-state index contributed by atoms with van der Waals surface area (Å²) in [5.41, 5.74) is 5.97. The highest BCUT2D eigenvalue weighted by Crippen LogP contribution is 2.42. The van der Waals surface area contributed by atoms with Crippen molar-refractivity contribution in [3.05, 3.63) is 107 Å². The lowest BCUT2D eigenvalue weighted by Crippen LogP contribution is -2.65. The summed E-state index contributed by atoms with van der Waals surface area (Å²) in [5.74, 6) is 0.209. The quantitative estimate of drug-likeness (QED) is 0.376. The van der Waals surface area contributed by atoms with Gasteiger partial charge in [0.05, 0.1) is 6.04 Å². The van der Waals surface area contributed by atoms with Crippen LogP contribution in [0.15, 0.2) is 84.9 Å². The van der Waals surface area contributed by atoms with Crippen molar-refractivity contribution in [1.29, 1.82) is 0 Å². The van der Waals surface area contributed by atoms with Gasteiger partial charge in [-0.25, -0.2) is 0 Å². The van der Waals surface area contributed by atoms with Gasteiger partial charge in [0.2, 0.25) is 11.8 Å². The van der Waals surface area contributed by atoms with Gasteiger partial charge in [0.15, 0.2) is 0 Å². The maximum atomic E-state index is 14.2. The summed E-state index contributed by atoms with van der Waals surface area (Å²) in [6.45, 7) is 3.01. The van der Waals surface area contributed by atoms with Gasteiger partial charge in [-0.3, -0.25) is 14.5 Å². The SMILES string of the molecule is O=C1[C@@H]2Cc3c([nH]c4ccccc34)C(CCc3ccccc3)N2C(=O)CN1C1CCN(Cc2ccccc2)CC1. The Morgan fingerprint density at radius 2 is 1.48 bits per heavy atom. The Labute approximate surface area is 235 Å². The molecule has 1 unspecified atom stereocenters. The highest BCUT2D eigenvalue weighted by Gasteiger charge is 2.49. The first-order valence-electron chi connectivity index (χ1n) is 14.7. The molecule has 0 radical (unpaired) electrons. The summed E-state index contributed by atoms with van der Waals surface area (Å²) in [7, 11) is 0. The van der Waals surface area contributed by atoms with E-state index in [0.717, 1.165) is 56.5 Å². The number of aromatic nitrogens is 1. The van der Waals surface area contributed by atoms with Crippen molar-refractivity contribution < 1.29 is 9.59 Å². The average Bonchev–Trinajstić information content (AvgIpc) is 3.37. The molecule has 0 saturated carbocycles. The van der Waals surface area contributed by atoms with Crippen molar-refractivity contribution in [1.82, 2.24) is 19.7 Å². The molecule has 40 heavy (non-hydrogen) atoms. The van der Waals surface area contributed by atoms with E-state index in [4.69, 9.17) is 0 Å². The standard InChI is InChI=1S/C34H36N4O2/c39-32-23-37(26-17-19-36(20-18-26)22-25-11-5-2-6-12-25)34(40)31-21-28-27-13-7-8-14-29(27)35-33(28)30(38(31)32)16-15-24-9-3-1-4-10-24/h1-14,26,30-31,35H,15-23H2/t30?,31-/m0/s1. The number of aromatic amines is 1. The van der Waals surface area contributed by atoms with Crippen molar-refractivity contribution in [3.63, 3.8) is 0 Å². The Bertz CT molecular complexity index is 1510. The minimum atomic E-state index is -0.434. The summed E-state index contributed by atoms with van der Waals surface area (Å²) in [6, 6.07) is 28.9. The molecule has 0 bridgehead atoms. The van der Waals surface area contributed by atoms with Crippen LogP contribution in [-0.4, -0.2) is 63.2 Å². The molecule has 204 valence electrons. The number of likely N-dealkylation sites (tertiary alicyclic amines) is 1. The largest absolute Gasteiger partial charge is 0.356 e. The van der Waals surface area contributed by atoms with Gasteiger partial charge in [0.25, 0.3) is 0 Å². The van der Waals surface area contributed by atoms with Gasteiger partial charge < -0.3 is 14.8 Å². The molecule has 1 N–H and O–H groups in total. The maximum absolute atomic E-state index is 14.2. The minimum Gasteiger partial charge on any atom is -0.356 e. The molecular formula is C34H36N4O2. The molecule has 6 heteroatoms. The topological polar surface area (TPSA) is 59.7 Å². The number of amides is 2. The monoisotopic (exact) mass is 532 g/mol. The third-order valence-electron chi connectivity index (χ3n) is 9.21. The fourth-order valence-electron chi connectivity index (χ4n) is 7.20. The molecular weight excluding hydrogens is 496 g/mol. The van der Waals surface area contributed by atoms with Gasteiger partial charge >= 0.3 is 0 Å². The van der Waals surface area contributed by atoms with Crippen LogP contribution in [0.25, 0.3) is 10.9 Å². The molecule has 7 rings (SSSR count). The molecule has 1 aromatic heterocycles. The lowest BCUT2D eigenvalue weighted by atomic mass is 9.86. The molecule has 2 atom stereocenters. The van der Waals surface area contributed by atoms with Gasteiger partial charge in [-0.1, -0.05) is 78.9 Å². The van der Waals surface area contributed by atoms with Crippen LogP contribution in [-0.2, 0) is 29.0 Å². The van der Waals surface area contributed by atoms with Gasteiger partial charge in [-0.15, -0.1) is 0 Å². The van der Waals surface area contributed by atoms with Crippen LogP contribution in [0.3, 0.4) is 0 Å². The first-order chi connectivity index (χ1) is 19.7. The molecule has 2 amide bonds. The normalized spacial score (nSPS) is 22.0. The van der Waals surface area contributed by atoms with Crippen molar-refractivity contribution in [2.75, 3.05) is 19.6 Å². The van der Waals surface area contributed by atoms with Gasteiger partial charge in [-0.05, 0) is 48.4 Å². The van der Waals surface area contributed by atoms with Crippen molar-refractivity contribution in [3.8, 4) is 0 Å². The Hall–Kier alpha value is -3.90. The first-order valence-corrected chi connectivity index (χ1v) is 14.7. The number of hydrogen-bond donors (Lipinski definition) is 1. The van der Waals surface area contributed by atoms with E-state index in [-0.39, 0.29) is 30.4 Å². The van der Waals surface area contributed by atoms with E-state index in [0.29, 0.717) is 6.42 Å². The van der Waals surface area contributed by atoms with Gasteiger partial charge in [0, 0.05) is 48.7 Å². The van der Waals surface area contributed by atoms with Crippen LogP contribution < -0.4 is 0 Å². The Morgan fingerprint density at radius 3 is 2.23 bits per heavy atom. The molecule has 4 aromatic rings. The Morgan fingerprint density at radius 1 is 0.800 bits per heavy atom. The number of fused-ring (bicyclic) bond motifs is 4. The highest BCUT2D eigenvalue weighted by atomic mass is 16.2. The zero-order valence-electron chi connectivity index (χ0n) is 22.8. The summed E-state index contributed by atoms with van der Waals surface area (Å²) in [5, 5.41) is 1.17. The zero-order chi connectivity index (χ0) is 27.1. The van der Waals surface area contributed by atoms with Crippen LogP contribution in [0.2, 0.25) is 0 Å². The van der Waals surface area contributed by atoms with Crippen molar-refractivity contribution >= 4 is 22.7 Å². The predicted octanol–water partition coefficient (Wildman–Crippen LogP) is 5.10. The number of benzene rings is 3. The lowest BCUT2D eigenvalue weighted by molar-refractivity contribution is -0.163. The molecule has 3 aromatic carbocycles. The van der Waals surface area contributed by atoms with Crippen LogP contribution in [0.1, 0.15) is 47.7 Å². The highest BCUT2D eigenvalue weighted by molar-refractivity contribution is 5.97. The number of para-hydroxylation sites is 1. The second-order valence-electron chi connectivity index (χ2n) is 11.6. The van der Waals surface area contributed by atoms with Gasteiger partial charge in [-0.2, -0.15) is 0 Å². The fourth-order valence-corrected chi connectivity index (χ4v) is 7.20. The molecule has 2 fully saturated rings. The maximum Gasteiger partial charge on any atom is 0.246 e. The predicted molar refractivity (Wildman–Crippen MR) is 157 cm³/mol. The third-order valence-corrected chi connectivity index (χ3v) is 9.21. The molecule has 4 heterocycles. The number of hydrogen-bond acceptors (Lipinski definition) is 3. The zero-order valence-corrected chi connectivity index (χ0v) is 22.8. The van der Waals surface area contributed by atoms with Crippen LogP contribution >= 0.6 is 0 Å². The van der Waals surface area contributed by atoms with Crippen LogP contribution in [0.5, 0.6) is 0 Å². The smallest absolute Gasteiger partial charge is 0.246 e. The number of piperazine rings is 1. The fraction of sp³-hybridized carbons (Fsp3) is 0.353. The molecule has 3 aliphatic rings. The van der Waals surface area contributed by atoms with Crippen molar-refractivity contribution in [2.45, 2.75) is 56.8 Å². The number of piperidine rings is 1. The number of carbonyl (C=O) groups is 2. The van der Waals surface area contributed by atoms with E-state index in [1.54, 1.807) is 0 Å². The summed E-state index contributed by atoms with van der Waals surface area (Å²) in [6.07, 6.45) is 4.05. The van der Waals surface area contributed by atoms with E-state index in [9.17, 15) is 9.59 Å². The molecule has 0 spiro atoms. The Kier molecular flexibility index (Phi) is 6.64. The second-order valence-corrected chi connectivity index (χ2v) is 11.6. The summed E-state index contributed by atoms with van der Waals surface area (Å²) < 4.78 is 0. The number of rotatable bonds is 6. The number of nitrogens with one attached hydrogen (secondary N) is 1.